The Kier molecular flexibility index (Phi) is 2.98. The Bertz CT molecular complexity index is 371. The summed E-state index contributed by atoms with van der Waals surface area (Å²) in [6, 6.07) is 3.90. The van der Waals surface area contributed by atoms with Crippen molar-refractivity contribution in [2.45, 2.75) is 12.8 Å². The zero-order chi connectivity index (χ0) is 9.97. The predicted octanol–water partition coefficient (Wildman–Crippen LogP) is 2.37. The summed E-state index contributed by atoms with van der Waals surface area (Å²) >= 11 is 4.94. The lowest BCUT2D eigenvalue weighted by Gasteiger charge is -1.93. The molecule has 1 aliphatic carbocycles. The number of carbonyl (C=O) groups is 1. The number of hydrazone groups is 1. The van der Waals surface area contributed by atoms with Gasteiger partial charge in [-0.25, -0.2) is 5.43 Å². The minimum absolute atomic E-state index is 0.0388. The van der Waals surface area contributed by atoms with E-state index in [0.29, 0.717) is 0 Å². The lowest BCUT2D eigenvalue weighted by Crippen LogP contribution is -2.18. The molecule has 0 aliphatic heterocycles. The van der Waals surface area contributed by atoms with Gasteiger partial charge in [-0.2, -0.15) is 5.10 Å². The van der Waals surface area contributed by atoms with E-state index in [2.05, 4.69) is 26.5 Å². The van der Waals surface area contributed by atoms with E-state index in [1.54, 1.807) is 17.6 Å². The third-order valence-electron chi connectivity index (χ3n) is 1.91. The summed E-state index contributed by atoms with van der Waals surface area (Å²) in [6.45, 7) is 0. The second-order valence-corrected chi connectivity index (χ2v) is 5.64. The molecule has 0 saturated heterocycles. The van der Waals surface area contributed by atoms with Crippen LogP contribution in [0.4, 0.5) is 0 Å². The molecule has 1 aliphatic rings. The van der Waals surface area contributed by atoms with Gasteiger partial charge in [0, 0.05) is 10.8 Å². The first-order valence-corrected chi connectivity index (χ1v) is 5.95. The van der Waals surface area contributed by atoms with E-state index < -0.39 is 0 Å². The Hall–Kier alpha value is -0.680. The molecule has 0 atom stereocenters. The van der Waals surface area contributed by atoms with Gasteiger partial charge in [-0.3, -0.25) is 4.79 Å². The normalized spacial score (nSPS) is 16.1. The Morgan fingerprint density at radius 1 is 1.64 bits per heavy atom. The zero-order valence-corrected chi connectivity index (χ0v) is 9.77. The van der Waals surface area contributed by atoms with Gasteiger partial charge in [0.05, 0.1) is 10.0 Å². The van der Waals surface area contributed by atoms with Gasteiger partial charge in [0.2, 0.25) is 5.91 Å². The summed E-state index contributed by atoms with van der Waals surface area (Å²) in [7, 11) is 0. The largest absolute Gasteiger partial charge is 0.273 e. The summed E-state index contributed by atoms with van der Waals surface area (Å²) in [5.41, 5.74) is 2.52. The molecule has 14 heavy (non-hydrogen) atoms. The average Bonchev–Trinajstić information content (AvgIpc) is 2.92. The maximum absolute atomic E-state index is 11.2. The summed E-state index contributed by atoms with van der Waals surface area (Å²) in [5, 5.41) is 3.88. The molecular weight excluding hydrogens is 264 g/mol. The fourth-order valence-corrected chi connectivity index (χ4v) is 2.29. The van der Waals surface area contributed by atoms with Crippen molar-refractivity contribution in [1.82, 2.24) is 5.43 Å². The van der Waals surface area contributed by atoms with Gasteiger partial charge in [-0.1, -0.05) is 0 Å². The third kappa shape index (κ3) is 2.65. The lowest BCUT2D eigenvalue weighted by atomic mass is 10.4. The van der Waals surface area contributed by atoms with E-state index in [-0.39, 0.29) is 11.8 Å². The first-order chi connectivity index (χ1) is 6.75. The van der Waals surface area contributed by atoms with Crippen molar-refractivity contribution in [2.75, 3.05) is 0 Å². The van der Waals surface area contributed by atoms with Gasteiger partial charge < -0.3 is 0 Å². The number of rotatable bonds is 3. The van der Waals surface area contributed by atoms with Crippen molar-refractivity contribution in [3.05, 3.63) is 20.8 Å². The molecule has 1 heterocycles. The standard InChI is InChI=1S/C9H9BrN2OS/c10-8-4-3-7(14-8)5-11-12-9(13)6-1-2-6/h3-6H,1-2H2,(H,12,13)/b11-5-. The maximum Gasteiger partial charge on any atom is 0.243 e. The van der Waals surface area contributed by atoms with Gasteiger partial charge in [-0.05, 0) is 40.9 Å². The number of hydrogen-bond acceptors (Lipinski definition) is 3. The Morgan fingerprint density at radius 2 is 2.43 bits per heavy atom. The van der Waals surface area contributed by atoms with Crippen LogP contribution in [0.1, 0.15) is 17.7 Å². The molecule has 1 amide bonds. The van der Waals surface area contributed by atoms with Crippen LogP contribution in [0.15, 0.2) is 21.0 Å². The molecule has 0 radical (unpaired) electrons. The molecule has 0 bridgehead atoms. The van der Waals surface area contributed by atoms with Crippen LogP contribution >= 0.6 is 27.3 Å². The van der Waals surface area contributed by atoms with Crippen molar-refractivity contribution in [2.24, 2.45) is 11.0 Å². The van der Waals surface area contributed by atoms with E-state index >= 15 is 0 Å². The minimum atomic E-state index is 0.0388. The Morgan fingerprint density at radius 3 is 3.00 bits per heavy atom. The Balaban J connectivity index is 1.84. The smallest absolute Gasteiger partial charge is 0.243 e. The van der Waals surface area contributed by atoms with Crippen molar-refractivity contribution >= 4 is 39.4 Å². The highest BCUT2D eigenvalue weighted by Crippen LogP contribution is 2.28. The SMILES string of the molecule is O=C(N/N=C\c1ccc(Br)s1)C1CC1. The number of carbonyl (C=O) groups excluding carboxylic acids is 1. The number of halogens is 1. The molecule has 1 N–H and O–H groups in total. The van der Waals surface area contributed by atoms with Crippen molar-refractivity contribution in [3.63, 3.8) is 0 Å². The van der Waals surface area contributed by atoms with E-state index in [0.717, 1.165) is 21.5 Å². The maximum atomic E-state index is 11.2. The first-order valence-electron chi connectivity index (χ1n) is 4.34. The Labute approximate surface area is 94.3 Å². The van der Waals surface area contributed by atoms with E-state index in [1.165, 1.54) is 0 Å². The summed E-state index contributed by atoms with van der Waals surface area (Å²) in [6.07, 6.45) is 3.67. The van der Waals surface area contributed by atoms with E-state index in [4.69, 9.17) is 0 Å². The average molecular weight is 273 g/mol. The summed E-state index contributed by atoms with van der Waals surface area (Å²) in [4.78, 5) is 12.2. The van der Waals surface area contributed by atoms with Crippen LogP contribution in [0.3, 0.4) is 0 Å². The molecule has 3 nitrogen and oxygen atoms in total. The fraction of sp³-hybridized carbons (Fsp3) is 0.333. The summed E-state index contributed by atoms with van der Waals surface area (Å²) < 4.78 is 1.06. The van der Waals surface area contributed by atoms with Crippen molar-refractivity contribution < 1.29 is 4.79 Å². The number of amides is 1. The number of nitrogens with zero attached hydrogens (tertiary/aromatic N) is 1. The molecule has 0 spiro atoms. The number of thiophene rings is 1. The molecule has 1 fully saturated rings. The van der Waals surface area contributed by atoms with Crippen LogP contribution < -0.4 is 5.43 Å². The summed E-state index contributed by atoms with van der Waals surface area (Å²) in [5.74, 6) is 0.249. The highest BCUT2D eigenvalue weighted by Gasteiger charge is 2.29. The van der Waals surface area contributed by atoms with Gasteiger partial charge in [0.1, 0.15) is 0 Å². The second kappa shape index (κ2) is 4.23. The van der Waals surface area contributed by atoms with Crippen LogP contribution in [0, 0.1) is 5.92 Å². The van der Waals surface area contributed by atoms with Crippen molar-refractivity contribution in [1.29, 1.82) is 0 Å². The fourth-order valence-electron chi connectivity index (χ4n) is 0.994. The highest BCUT2D eigenvalue weighted by molar-refractivity contribution is 9.11. The molecular formula is C9H9BrN2OS. The molecule has 0 unspecified atom stereocenters. The number of nitrogens with one attached hydrogen (secondary N) is 1. The van der Waals surface area contributed by atoms with Crippen LogP contribution in [0.2, 0.25) is 0 Å². The highest BCUT2D eigenvalue weighted by atomic mass is 79.9. The molecule has 1 aromatic rings. The van der Waals surface area contributed by atoms with Crippen molar-refractivity contribution in [3.8, 4) is 0 Å². The second-order valence-electron chi connectivity index (χ2n) is 3.15. The van der Waals surface area contributed by atoms with Crippen LogP contribution in [0.5, 0.6) is 0 Å². The third-order valence-corrected chi connectivity index (χ3v) is 3.47. The molecule has 0 aromatic carbocycles. The van der Waals surface area contributed by atoms with Crippen LogP contribution in [0.25, 0.3) is 0 Å². The van der Waals surface area contributed by atoms with Gasteiger partial charge in [-0.15, -0.1) is 11.3 Å². The molecule has 2 rings (SSSR count). The van der Waals surface area contributed by atoms with E-state index in [9.17, 15) is 4.79 Å². The van der Waals surface area contributed by atoms with Crippen LogP contribution in [-0.2, 0) is 4.79 Å². The molecule has 1 saturated carbocycles. The molecule has 1 aromatic heterocycles. The van der Waals surface area contributed by atoms with E-state index in [1.807, 2.05) is 12.1 Å². The topological polar surface area (TPSA) is 41.5 Å². The monoisotopic (exact) mass is 272 g/mol. The van der Waals surface area contributed by atoms with Gasteiger partial charge >= 0.3 is 0 Å². The zero-order valence-electron chi connectivity index (χ0n) is 7.37. The van der Waals surface area contributed by atoms with Gasteiger partial charge in [0.15, 0.2) is 0 Å². The lowest BCUT2D eigenvalue weighted by molar-refractivity contribution is -0.122. The quantitative estimate of drug-likeness (QED) is 0.666. The molecule has 74 valence electrons. The van der Waals surface area contributed by atoms with Crippen LogP contribution in [-0.4, -0.2) is 12.1 Å². The van der Waals surface area contributed by atoms with Gasteiger partial charge in [0.25, 0.3) is 0 Å². The molecule has 5 heteroatoms. The first kappa shape index (κ1) is 9.86. The predicted molar refractivity (Wildman–Crippen MR) is 60.5 cm³/mol. The number of hydrogen-bond donors (Lipinski definition) is 1. The minimum Gasteiger partial charge on any atom is -0.273 e.